The van der Waals surface area contributed by atoms with Crippen molar-refractivity contribution in [1.29, 1.82) is 0 Å². The maximum atomic E-state index is 10.8. The molecule has 0 radical (unpaired) electrons. The number of hydrogen-bond donors (Lipinski definition) is 1. The van der Waals surface area contributed by atoms with E-state index in [1.165, 1.54) is 0 Å². The van der Waals surface area contributed by atoms with Crippen molar-refractivity contribution in [2.24, 2.45) is 0 Å². The molecule has 0 fully saturated rings. The summed E-state index contributed by atoms with van der Waals surface area (Å²) in [6.45, 7) is 1.56. The number of halogens is 1. The van der Waals surface area contributed by atoms with Gasteiger partial charge in [-0.15, -0.1) is 0 Å². The first-order valence-corrected chi connectivity index (χ1v) is 4.92. The molecule has 16 heavy (non-hydrogen) atoms. The van der Waals surface area contributed by atoms with Crippen LogP contribution in [0.5, 0.6) is 0 Å². The highest BCUT2D eigenvalue weighted by Crippen LogP contribution is 2.24. The number of aromatic nitrogens is 1. The fraction of sp³-hybridized carbons (Fsp3) is 0.0909. The van der Waals surface area contributed by atoms with Crippen LogP contribution in [0, 0.1) is 6.92 Å². The van der Waals surface area contributed by atoms with E-state index in [1.54, 1.807) is 31.2 Å². The molecule has 0 saturated carbocycles. The molecular formula is C11H8ClNO3. The number of carbonyl (C=O) groups is 1. The molecule has 0 saturated heterocycles. The van der Waals surface area contributed by atoms with Crippen molar-refractivity contribution in [2.45, 2.75) is 6.92 Å². The van der Waals surface area contributed by atoms with Gasteiger partial charge in [-0.25, -0.2) is 9.78 Å². The van der Waals surface area contributed by atoms with Gasteiger partial charge in [0.15, 0.2) is 5.69 Å². The molecule has 0 aliphatic rings. The molecule has 0 aliphatic heterocycles. The number of nitrogens with zero attached hydrogens (tertiary/aromatic N) is 1. The lowest BCUT2D eigenvalue weighted by Gasteiger charge is -1.94. The molecule has 0 amide bonds. The molecule has 0 atom stereocenters. The number of aryl methyl sites for hydroxylation is 1. The lowest BCUT2D eigenvalue weighted by atomic mass is 10.2. The Morgan fingerprint density at radius 1 is 1.50 bits per heavy atom. The molecule has 0 aliphatic carbocycles. The minimum absolute atomic E-state index is 0.0741. The third-order valence-corrected chi connectivity index (χ3v) is 2.31. The van der Waals surface area contributed by atoms with Gasteiger partial charge in [0.1, 0.15) is 5.76 Å². The first-order chi connectivity index (χ1) is 7.58. The Morgan fingerprint density at radius 3 is 2.81 bits per heavy atom. The van der Waals surface area contributed by atoms with Crippen LogP contribution in [0.25, 0.3) is 11.5 Å². The topological polar surface area (TPSA) is 63.3 Å². The Hall–Kier alpha value is -1.81. The number of carboxylic acid groups (broad SMARTS) is 1. The van der Waals surface area contributed by atoms with Gasteiger partial charge in [-0.1, -0.05) is 17.7 Å². The number of oxazole rings is 1. The third-order valence-electron chi connectivity index (χ3n) is 2.07. The highest BCUT2D eigenvalue weighted by molar-refractivity contribution is 6.30. The monoisotopic (exact) mass is 237 g/mol. The molecule has 82 valence electrons. The Kier molecular flexibility index (Phi) is 2.66. The molecule has 1 aromatic carbocycles. The highest BCUT2D eigenvalue weighted by Gasteiger charge is 2.16. The average molecular weight is 238 g/mol. The number of rotatable bonds is 2. The highest BCUT2D eigenvalue weighted by atomic mass is 35.5. The van der Waals surface area contributed by atoms with Gasteiger partial charge in [0.25, 0.3) is 0 Å². The Morgan fingerprint density at radius 2 is 2.25 bits per heavy atom. The molecule has 5 heteroatoms. The number of aromatic carboxylic acids is 1. The van der Waals surface area contributed by atoms with E-state index in [0.29, 0.717) is 10.6 Å². The van der Waals surface area contributed by atoms with Gasteiger partial charge in [-0.2, -0.15) is 0 Å². The molecule has 1 heterocycles. The largest absolute Gasteiger partial charge is 0.476 e. The predicted octanol–water partition coefficient (Wildman–Crippen LogP) is 3.00. The summed E-state index contributed by atoms with van der Waals surface area (Å²) in [6, 6.07) is 6.89. The maximum absolute atomic E-state index is 10.8. The van der Waals surface area contributed by atoms with E-state index in [9.17, 15) is 4.79 Å². The molecular weight excluding hydrogens is 230 g/mol. The van der Waals surface area contributed by atoms with Crippen LogP contribution in [0.15, 0.2) is 28.7 Å². The quantitative estimate of drug-likeness (QED) is 0.872. The average Bonchev–Trinajstić information content (AvgIpc) is 2.60. The minimum Gasteiger partial charge on any atom is -0.476 e. The normalized spacial score (nSPS) is 10.4. The summed E-state index contributed by atoms with van der Waals surface area (Å²) in [5, 5.41) is 9.38. The van der Waals surface area contributed by atoms with Gasteiger partial charge in [-0.3, -0.25) is 0 Å². The second kappa shape index (κ2) is 3.98. The van der Waals surface area contributed by atoms with Gasteiger partial charge in [-0.05, 0) is 25.1 Å². The zero-order chi connectivity index (χ0) is 11.7. The second-order valence-electron chi connectivity index (χ2n) is 3.24. The van der Waals surface area contributed by atoms with Crippen molar-refractivity contribution in [3.8, 4) is 11.5 Å². The lowest BCUT2D eigenvalue weighted by Crippen LogP contribution is -1.98. The summed E-state index contributed by atoms with van der Waals surface area (Å²) in [6.07, 6.45) is 0. The van der Waals surface area contributed by atoms with Gasteiger partial charge in [0, 0.05) is 10.6 Å². The van der Waals surface area contributed by atoms with Crippen LogP contribution in [-0.4, -0.2) is 16.1 Å². The van der Waals surface area contributed by atoms with Gasteiger partial charge >= 0.3 is 5.97 Å². The first-order valence-electron chi connectivity index (χ1n) is 4.54. The molecule has 1 N–H and O–H groups in total. The fourth-order valence-electron chi connectivity index (χ4n) is 1.34. The zero-order valence-electron chi connectivity index (χ0n) is 8.40. The van der Waals surface area contributed by atoms with E-state index in [2.05, 4.69) is 4.98 Å². The summed E-state index contributed by atoms with van der Waals surface area (Å²) in [5.74, 6) is -0.561. The van der Waals surface area contributed by atoms with Crippen LogP contribution < -0.4 is 0 Å². The zero-order valence-corrected chi connectivity index (χ0v) is 9.15. The van der Waals surface area contributed by atoms with Crippen LogP contribution in [-0.2, 0) is 0 Å². The van der Waals surface area contributed by atoms with Crippen molar-refractivity contribution in [1.82, 2.24) is 4.98 Å². The van der Waals surface area contributed by atoms with Crippen molar-refractivity contribution in [3.05, 3.63) is 40.7 Å². The molecule has 4 nitrogen and oxygen atoms in total. The van der Waals surface area contributed by atoms with Crippen molar-refractivity contribution >= 4 is 17.6 Å². The number of carboxylic acids is 1. The summed E-state index contributed by atoms with van der Waals surface area (Å²) >= 11 is 5.82. The summed E-state index contributed by atoms with van der Waals surface area (Å²) in [7, 11) is 0. The van der Waals surface area contributed by atoms with E-state index >= 15 is 0 Å². The molecule has 2 aromatic rings. The summed E-state index contributed by atoms with van der Waals surface area (Å²) in [4.78, 5) is 14.7. The van der Waals surface area contributed by atoms with Crippen LogP contribution >= 0.6 is 11.6 Å². The molecule has 0 unspecified atom stereocenters. The Balaban J connectivity index is 2.49. The minimum atomic E-state index is -1.10. The van der Waals surface area contributed by atoms with Gasteiger partial charge < -0.3 is 9.52 Å². The van der Waals surface area contributed by atoms with Crippen LogP contribution in [0.4, 0.5) is 0 Å². The Bertz CT molecular complexity index is 548. The first kappa shape index (κ1) is 10.7. The summed E-state index contributed by atoms with van der Waals surface area (Å²) < 4.78 is 5.27. The summed E-state index contributed by atoms with van der Waals surface area (Å²) in [5.41, 5.74) is 0.582. The standard InChI is InChI=1S/C11H8ClNO3/c1-6-9(11(14)15)13-10(16-6)7-3-2-4-8(12)5-7/h2-5H,1H3,(H,14,15). The molecule has 2 rings (SSSR count). The van der Waals surface area contributed by atoms with Crippen molar-refractivity contribution in [2.75, 3.05) is 0 Å². The number of hydrogen-bond acceptors (Lipinski definition) is 3. The molecule has 0 spiro atoms. The SMILES string of the molecule is Cc1oc(-c2cccc(Cl)c2)nc1C(=O)O. The van der Waals surface area contributed by atoms with Crippen molar-refractivity contribution < 1.29 is 14.3 Å². The lowest BCUT2D eigenvalue weighted by molar-refractivity contribution is 0.0689. The Labute approximate surface area is 96.5 Å². The second-order valence-corrected chi connectivity index (χ2v) is 3.68. The number of benzene rings is 1. The fourth-order valence-corrected chi connectivity index (χ4v) is 1.53. The van der Waals surface area contributed by atoms with Crippen molar-refractivity contribution in [3.63, 3.8) is 0 Å². The molecule has 1 aromatic heterocycles. The van der Waals surface area contributed by atoms with Gasteiger partial charge in [0.05, 0.1) is 0 Å². The van der Waals surface area contributed by atoms with E-state index in [-0.39, 0.29) is 17.3 Å². The van der Waals surface area contributed by atoms with E-state index in [0.717, 1.165) is 0 Å². The van der Waals surface area contributed by atoms with Crippen LogP contribution in [0.3, 0.4) is 0 Å². The molecule has 0 bridgehead atoms. The maximum Gasteiger partial charge on any atom is 0.358 e. The van der Waals surface area contributed by atoms with Crippen LogP contribution in [0.2, 0.25) is 5.02 Å². The van der Waals surface area contributed by atoms with Gasteiger partial charge in [0.2, 0.25) is 5.89 Å². The van der Waals surface area contributed by atoms with E-state index < -0.39 is 5.97 Å². The third kappa shape index (κ3) is 1.92. The van der Waals surface area contributed by atoms with Crippen LogP contribution in [0.1, 0.15) is 16.2 Å². The predicted molar refractivity (Wildman–Crippen MR) is 58.6 cm³/mol. The van der Waals surface area contributed by atoms with E-state index in [4.69, 9.17) is 21.1 Å². The van der Waals surface area contributed by atoms with E-state index in [1.807, 2.05) is 0 Å². The smallest absolute Gasteiger partial charge is 0.358 e.